The molecule has 4 aromatic rings. The van der Waals surface area contributed by atoms with Gasteiger partial charge in [-0.25, -0.2) is 10.1 Å². The second-order valence-electron chi connectivity index (χ2n) is 6.05. The van der Waals surface area contributed by atoms with Crippen LogP contribution in [0.15, 0.2) is 121 Å². The van der Waals surface area contributed by atoms with E-state index >= 15 is 0 Å². The third-order valence-electron chi connectivity index (χ3n) is 3.76. The van der Waals surface area contributed by atoms with E-state index < -0.39 is 7.75 Å². The smallest absolute Gasteiger partial charge is 0.313 e. The highest BCUT2D eigenvalue weighted by molar-refractivity contribution is 7.49. The van der Waals surface area contributed by atoms with Crippen molar-refractivity contribution in [3.8, 4) is 22.3 Å². The topological polar surface area (TPSA) is 83.6 Å². The molecule has 0 spiro atoms. The van der Waals surface area contributed by atoms with E-state index in [0.29, 0.717) is 0 Å². The molecule has 4 N–H and O–H groups in total. The minimum atomic E-state index is -4.14. The molecule has 0 heterocycles. The molecule has 29 heavy (non-hydrogen) atoms. The van der Waals surface area contributed by atoms with Gasteiger partial charge in [0.05, 0.1) is 0 Å². The lowest BCUT2D eigenvalue weighted by atomic mass is 10.1. The van der Waals surface area contributed by atoms with Gasteiger partial charge in [-0.05, 0) is 22.3 Å². The van der Waals surface area contributed by atoms with Crippen LogP contribution in [0.3, 0.4) is 0 Å². The van der Waals surface area contributed by atoms with Gasteiger partial charge in [-0.2, -0.15) is 0 Å². The van der Waals surface area contributed by atoms with Gasteiger partial charge in [-0.1, -0.05) is 121 Å². The molecule has 0 aliphatic carbocycles. The average Bonchev–Trinajstić information content (AvgIpc) is 2.76. The van der Waals surface area contributed by atoms with Crippen LogP contribution in [-0.2, 0) is 4.57 Å². The number of rotatable bonds is 2. The molecule has 4 aromatic carbocycles. The van der Waals surface area contributed by atoms with E-state index in [4.69, 9.17) is 14.4 Å². The second-order valence-corrected chi connectivity index (χ2v) is 7.23. The molecule has 0 unspecified atom stereocenters. The predicted octanol–water partition coefficient (Wildman–Crippen LogP) is 5.75. The number of hydrogen-bond acceptors (Lipinski definition) is 1. The summed E-state index contributed by atoms with van der Waals surface area (Å²) in [6.45, 7) is 0. The summed E-state index contributed by atoms with van der Waals surface area (Å²) in [4.78, 5) is 14.8. The predicted molar refractivity (Wildman–Crippen MR) is 120 cm³/mol. The lowest BCUT2D eigenvalue weighted by molar-refractivity contribution is 0.374. The van der Waals surface area contributed by atoms with Crippen LogP contribution < -0.4 is 5.50 Å². The quantitative estimate of drug-likeness (QED) is 0.371. The molecule has 0 atom stereocenters. The first-order valence-corrected chi connectivity index (χ1v) is 10.7. The van der Waals surface area contributed by atoms with Crippen molar-refractivity contribution >= 4 is 7.75 Å². The molecule has 0 amide bonds. The van der Waals surface area contributed by atoms with Crippen molar-refractivity contribution in [2.45, 2.75) is 0 Å². The van der Waals surface area contributed by atoms with Crippen LogP contribution in [-0.4, -0.2) is 9.79 Å². The van der Waals surface area contributed by atoms with E-state index in [-0.39, 0.29) is 0 Å². The van der Waals surface area contributed by atoms with Crippen molar-refractivity contribution in [2.75, 3.05) is 0 Å². The Balaban J connectivity index is 0.000000170. The van der Waals surface area contributed by atoms with Crippen molar-refractivity contribution in [1.82, 2.24) is 0 Å². The Labute approximate surface area is 171 Å². The Morgan fingerprint density at radius 2 is 0.586 bits per heavy atom. The average molecular weight is 405 g/mol. The van der Waals surface area contributed by atoms with Crippen LogP contribution in [0.4, 0.5) is 0 Å². The van der Waals surface area contributed by atoms with E-state index in [0.717, 1.165) is 0 Å². The fourth-order valence-corrected chi connectivity index (χ4v) is 2.52. The highest BCUT2D eigenvalue weighted by atomic mass is 31.2. The molecule has 0 aliphatic rings. The SMILES string of the molecule is NP(=O)(O)O.c1ccc(-c2ccccc2)cc1.c1ccc(-c2ccccc2)cc1. The largest absolute Gasteiger partial charge is 0.397 e. The first-order chi connectivity index (χ1) is 13.9. The fourth-order valence-electron chi connectivity index (χ4n) is 2.52. The monoisotopic (exact) mass is 405 g/mol. The van der Waals surface area contributed by atoms with Crippen LogP contribution in [0.2, 0.25) is 0 Å². The van der Waals surface area contributed by atoms with Gasteiger partial charge < -0.3 is 9.79 Å². The molecule has 0 radical (unpaired) electrons. The van der Waals surface area contributed by atoms with Gasteiger partial charge in [-0.3, -0.25) is 0 Å². The minimum Gasteiger partial charge on any atom is -0.313 e. The lowest BCUT2D eigenvalue weighted by Crippen LogP contribution is -1.87. The summed E-state index contributed by atoms with van der Waals surface area (Å²) >= 11 is 0. The molecule has 0 saturated carbocycles. The van der Waals surface area contributed by atoms with Gasteiger partial charge in [-0.15, -0.1) is 0 Å². The summed E-state index contributed by atoms with van der Waals surface area (Å²) in [6, 6.07) is 41.6. The first kappa shape index (κ1) is 22.3. The maximum atomic E-state index is 9.10. The highest BCUT2D eigenvalue weighted by Crippen LogP contribution is 2.20. The summed E-state index contributed by atoms with van der Waals surface area (Å²) in [6.07, 6.45) is 0. The van der Waals surface area contributed by atoms with E-state index in [1.54, 1.807) is 0 Å². The molecular weight excluding hydrogens is 381 g/mol. The highest BCUT2D eigenvalue weighted by Gasteiger charge is 1.96. The molecule has 5 heteroatoms. The first-order valence-electron chi connectivity index (χ1n) is 8.98. The molecule has 4 rings (SSSR count). The Morgan fingerprint density at radius 3 is 0.724 bits per heavy atom. The van der Waals surface area contributed by atoms with E-state index in [1.807, 2.05) is 24.3 Å². The number of hydrogen-bond donors (Lipinski definition) is 3. The fraction of sp³-hybridized carbons (Fsp3) is 0. The van der Waals surface area contributed by atoms with Gasteiger partial charge in [0, 0.05) is 0 Å². The molecule has 4 nitrogen and oxygen atoms in total. The molecule has 148 valence electrons. The number of benzene rings is 4. The molecule has 0 saturated heterocycles. The third kappa shape index (κ3) is 9.65. The van der Waals surface area contributed by atoms with Gasteiger partial charge in [0.25, 0.3) is 0 Å². The molecular formula is C24H24NO3P. The summed E-state index contributed by atoms with van der Waals surface area (Å²) in [7, 11) is -4.14. The van der Waals surface area contributed by atoms with Gasteiger partial charge >= 0.3 is 7.75 Å². The van der Waals surface area contributed by atoms with E-state index in [2.05, 4.69) is 103 Å². The summed E-state index contributed by atoms with van der Waals surface area (Å²) < 4.78 is 9.10. The van der Waals surface area contributed by atoms with Crippen LogP contribution in [0.5, 0.6) is 0 Å². The van der Waals surface area contributed by atoms with Crippen molar-refractivity contribution in [3.05, 3.63) is 121 Å². The molecule has 0 aromatic heterocycles. The molecule has 0 bridgehead atoms. The van der Waals surface area contributed by atoms with Crippen LogP contribution in [0, 0.1) is 0 Å². The van der Waals surface area contributed by atoms with Crippen molar-refractivity contribution < 1.29 is 14.4 Å². The summed E-state index contributed by atoms with van der Waals surface area (Å²) in [5.74, 6) is 0. The summed E-state index contributed by atoms with van der Waals surface area (Å²) in [5, 5.41) is 0. The van der Waals surface area contributed by atoms with Gasteiger partial charge in [0.15, 0.2) is 0 Å². The minimum absolute atomic E-state index is 1.28. The molecule has 0 aliphatic heterocycles. The Kier molecular flexibility index (Phi) is 9.03. The normalized spacial score (nSPS) is 10.0. The maximum Gasteiger partial charge on any atom is 0.397 e. The van der Waals surface area contributed by atoms with Crippen LogP contribution >= 0.6 is 7.75 Å². The van der Waals surface area contributed by atoms with Crippen LogP contribution in [0.25, 0.3) is 22.3 Å². The molecule has 0 fully saturated rings. The second kappa shape index (κ2) is 11.7. The Hall–Kier alpha value is -3.01. The summed E-state index contributed by atoms with van der Waals surface area (Å²) in [5.41, 5.74) is 9.12. The zero-order valence-corrected chi connectivity index (χ0v) is 16.8. The zero-order valence-electron chi connectivity index (χ0n) is 15.9. The lowest BCUT2D eigenvalue weighted by Gasteiger charge is -1.98. The van der Waals surface area contributed by atoms with E-state index in [1.165, 1.54) is 22.3 Å². The standard InChI is InChI=1S/2C12H10.H4NO3P/c2*1-3-7-11(8-4-1)12-9-5-2-6-10-12;1-5(2,3)4/h2*1-10H;(H4,1,2,3,4). The van der Waals surface area contributed by atoms with Gasteiger partial charge in [0.2, 0.25) is 0 Å². The van der Waals surface area contributed by atoms with E-state index in [9.17, 15) is 0 Å². The maximum absolute atomic E-state index is 9.10. The van der Waals surface area contributed by atoms with Crippen molar-refractivity contribution in [2.24, 2.45) is 5.50 Å². The van der Waals surface area contributed by atoms with Crippen molar-refractivity contribution in [1.29, 1.82) is 0 Å². The van der Waals surface area contributed by atoms with Crippen LogP contribution in [0.1, 0.15) is 0 Å². The zero-order chi connectivity index (χ0) is 21.0. The van der Waals surface area contributed by atoms with Crippen molar-refractivity contribution in [3.63, 3.8) is 0 Å². The number of nitrogens with two attached hydrogens (primary N) is 1. The van der Waals surface area contributed by atoms with Gasteiger partial charge in [0.1, 0.15) is 0 Å². The Morgan fingerprint density at radius 1 is 0.448 bits per heavy atom. The third-order valence-corrected chi connectivity index (χ3v) is 3.76. The Bertz CT molecular complexity index is 831.